The van der Waals surface area contributed by atoms with Crippen LogP contribution in [0, 0.1) is 0 Å². The minimum Gasteiger partial charge on any atom is -0.465 e. The lowest BCUT2D eigenvalue weighted by Gasteiger charge is -2.01. The molecular weight excluding hydrogens is 338 g/mol. The number of anilines is 1. The molecular formula is C14H10BrN3O3. The number of carboxylic acid groups (broad SMARTS) is 1. The molecule has 3 rings (SSSR count). The summed E-state index contributed by atoms with van der Waals surface area (Å²) in [6.45, 7) is 0. The van der Waals surface area contributed by atoms with Gasteiger partial charge in [0.2, 0.25) is 0 Å². The Morgan fingerprint density at radius 3 is 2.67 bits per heavy atom. The van der Waals surface area contributed by atoms with Gasteiger partial charge >= 0.3 is 6.09 Å². The number of carbonyl (C=O) groups excluding carboxylic acids is 1. The van der Waals surface area contributed by atoms with Gasteiger partial charge in [-0.3, -0.25) is 10.1 Å². The lowest BCUT2D eigenvalue weighted by atomic mass is 10.1. The van der Waals surface area contributed by atoms with Crippen molar-refractivity contribution in [1.29, 1.82) is 0 Å². The Hall–Kier alpha value is -2.54. The van der Waals surface area contributed by atoms with Crippen molar-refractivity contribution in [2.45, 2.75) is 0 Å². The first-order valence-corrected chi connectivity index (χ1v) is 6.80. The number of primary amides is 1. The molecule has 0 atom stereocenters. The van der Waals surface area contributed by atoms with Crippen LogP contribution in [0.5, 0.6) is 0 Å². The molecule has 6 nitrogen and oxygen atoms in total. The van der Waals surface area contributed by atoms with Crippen molar-refractivity contribution in [2.75, 3.05) is 5.32 Å². The average molecular weight is 348 g/mol. The molecule has 0 aliphatic rings. The highest BCUT2D eigenvalue weighted by atomic mass is 79.9. The van der Waals surface area contributed by atoms with Gasteiger partial charge in [-0.2, -0.15) is 0 Å². The van der Waals surface area contributed by atoms with E-state index in [4.69, 9.17) is 10.8 Å². The normalized spacial score (nSPS) is 10.9. The van der Waals surface area contributed by atoms with Crippen LogP contribution < -0.4 is 11.1 Å². The number of rotatable bonds is 2. The van der Waals surface area contributed by atoms with Crippen molar-refractivity contribution >= 4 is 55.4 Å². The highest BCUT2D eigenvalue weighted by Crippen LogP contribution is 2.34. The summed E-state index contributed by atoms with van der Waals surface area (Å²) >= 11 is 3.46. The Bertz CT molecular complexity index is 901. The number of aromatic nitrogens is 1. The fraction of sp³-hybridized carbons (Fsp3) is 0. The van der Waals surface area contributed by atoms with Crippen molar-refractivity contribution < 1.29 is 14.7 Å². The van der Waals surface area contributed by atoms with Gasteiger partial charge in [-0.05, 0) is 24.3 Å². The number of hydrogen-bond acceptors (Lipinski definition) is 2. The summed E-state index contributed by atoms with van der Waals surface area (Å²) in [5.41, 5.74) is 7.55. The van der Waals surface area contributed by atoms with Crippen molar-refractivity contribution in [3.63, 3.8) is 0 Å². The van der Waals surface area contributed by atoms with E-state index in [0.717, 1.165) is 15.2 Å². The molecule has 0 fully saturated rings. The Labute approximate surface area is 127 Å². The van der Waals surface area contributed by atoms with Crippen LogP contribution in [0.1, 0.15) is 10.4 Å². The van der Waals surface area contributed by atoms with E-state index >= 15 is 0 Å². The largest absolute Gasteiger partial charge is 0.465 e. The Morgan fingerprint density at radius 2 is 2.00 bits per heavy atom. The number of nitrogens with two attached hydrogens (primary N) is 1. The second-order valence-corrected chi connectivity index (χ2v) is 5.38. The van der Waals surface area contributed by atoms with Crippen molar-refractivity contribution in [3.05, 3.63) is 40.4 Å². The summed E-state index contributed by atoms with van der Waals surface area (Å²) in [6, 6.07) is 8.52. The molecule has 0 unspecified atom stereocenters. The number of halogens is 1. The zero-order valence-corrected chi connectivity index (χ0v) is 12.2. The van der Waals surface area contributed by atoms with Crippen molar-refractivity contribution in [1.82, 2.24) is 4.98 Å². The van der Waals surface area contributed by atoms with Gasteiger partial charge < -0.3 is 15.8 Å². The van der Waals surface area contributed by atoms with Crippen LogP contribution in [0.4, 0.5) is 10.5 Å². The number of aromatic amines is 1. The molecule has 106 valence electrons. The SMILES string of the molecule is NC(=O)c1ccc(Br)c2c1[nH]c1cc(NC(=O)O)ccc12. The summed E-state index contributed by atoms with van der Waals surface area (Å²) in [6.07, 6.45) is -1.13. The minimum absolute atomic E-state index is 0.386. The van der Waals surface area contributed by atoms with E-state index in [1.165, 1.54) is 0 Å². The highest BCUT2D eigenvalue weighted by molar-refractivity contribution is 9.10. The summed E-state index contributed by atoms with van der Waals surface area (Å²) in [7, 11) is 0. The Morgan fingerprint density at radius 1 is 1.24 bits per heavy atom. The molecule has 2 amide bonds. The molecule has 0 aliphatic carbocycles. The van der Waals surface area contributed by atoms with Gasteiger partial charge in [0.25, 0.3) is 5.91 Å². The number of hydrogen-bond donors (Lipinski definition) is 4. The van der Waals surface area contributed by atoms with Crippen molar-refractivity contribution in [2.24, 2.45) is 5.73 Å². The van der Waals surface area contributed by atoms with Gasteiger partial charge in [0.15, 0.2) is 0 Å². The van der Waals surface area contributed by atoms with Crippen molar-refractivity contribution in [3.8, 4) is 0 Å². The molecule has 21 heavy (non-hydrogen) atoms. The summed E-state index contributed by atoms with van der Waals surface area (Å²) in [4.78, 5) is 25.3. The topological polar surface area (TPSA) is 108 Å². The van der Waals surface area contributed by atoms with Crippen LogP contribution >= 0.6 is 15.9 Å². The fourth-order valence-corrected chi connectivity index (χ4v) is 2.92. The molecule has 1 aromatic heterocycles. The van der Waals surface area contributed by atoms with Gasteiger partial charge in [0.1, 0.15) is 0 Å². The first-order valence-electron chi connectivity index (χ1n) is 6.01. The number of carbonyl (C=O) groups is 2. The summed E-state index contributed by atoms with van der Waals surface area (Å²) in [5, 5.41) is 12.7. The smallest absolute Gasteiger partial charge is 0.409 e. The third kappa shape index (κ3) is 2.21. The molecule has 1 heterocycles. The van der Waals surface area contributed by atoms with Crippen LogP contribution in [0.2, 0.25) is 0 Å². The number of fused-ring (bicyclic) bond motifs is 3. The third-order valence-corrected chi connectivity index (χ3v) is 3.88. The zero-order chi connectivity index (χ0) is 15.1. The lowest BCUT2D eigenvalue weighted by Crippen LogP contribution is -2.11. The predicted octanol–water partition coefficient (Wildman–Crippen LogP) is 3.27. The second kappa shape index (κ2) is 4.78. The van der Waals surface area contributed by atoms with E-state index in [1.54, 1.807) is 30.3 Å². The zero-order valence-electron chi connectivity index (χ0n) is 10.6. The van der Waals surface area contributed by atoms with Crippen LogP contribution in [0.15, 0.2) is 34.8 Å². The van der Waals surface area contributed by atoms with E-state index in [-0.39, 0.29) is 0 Å². The Balaban J connectivity index is 2.33. The standard InChI is InChI=1S/C14H10BrN3O3/c15-9-4-3-8(13(16)19)12-11(9)7-2-1-6(17-14(20)21)5-10(7)18-12/h1-5,17-18H,(H2,16,19)(H,20,21). The second-order valence-electron chi connectivity index (χ2n) is 4.52. The van der Waals surface area contributed by atoms with Crippen LogP contribution in [0.3, 0.4) is 0 Å². The van der Waals surface area contributed by atoms with Crippen LogP contribution in [0.25, 0.3) is 21.8 Å². The lowest BCUT2D eigenvalue weighted by molar-refractivity contribution is 0.100. The van der Waals surface area contributed by atoms with E-state index in [0.29, 0.717) is 22.3 Å². The molecule has 0 aliphatic heterocycles. The number of amides is 2. The molecule has 5 N–H and O–H groups in total. The fourth-order valence-electron chi connectivity index (χ4n) is 2.38. The van der Waals surface area contributed by atoms with Gasteiger partial charge in [-0.25, -0.2) is 4.79 Å². The Kier molecular flexibility index (Phi) is 3.06. The maximum Gasteiger partial charge on any atom is 0.409 e. The van der Waals surface area contributed by atoms with Gasteiger partial charge in [-0.15, -0.1) is 0 Å². The minimum atomic E-state index is -1.13. The molecule has 2 aromatic carbocycles. The maximum atomic E-state index is 11.5. The average Bonchev–Trinajstić information content (AvgIpc) is 2.76. The van der Waals surface area contributed by atoms with E-state index in [1.807, 2.05) is 0 Å². The van der Waals surface area contributed by atoms with Crippen LogP contribution in [-0.4, -0.2) is 22.1 Å². The monoisotopic (exact) mass is 347 g/mol. The summed E-state index contributed by atoms with van der Waals surface area (Å²) < 4.78 is 0.827. The van der Waals surface area contributed by atoms with Crippen LogP contribution in [-0.2, 0) is 0 Å². The van der Waals surface area contributed by atoms with E-state index in [9.17, 15) is 9.59 Å². The molecule has 0 saturated heterocycles. The molecule has 0 radical (unpaired) electrons. The quantitative estimate of drug-likeness (QED) is 0.571. The first-order chi connectivity index (χ1) is 9.97. The maximum absolute atomic E-state index is 11.5. The number of H-pyrrole nitrogens is 1. The summed E-state index contributed by atoms with van der Waals surface area (Å²) in [5.74, 6) is -0.525. The highest BCUT2D eigenvalue weighted by Gasteiger charge is 2.14. The number of benzene rings is 2. The predicted molar refractivity (Wildman–Crippen MR) is 83.7 cm³/mol. The van der Waals surface area contributed by atoms with E-state index < -0.39 is 12.0 Å². The van der Waals surface area contributed by atoms with E-state index in [2.05, 4.69) is 26.2 Å². The molecule has 0 spiro atoms. The van der Waals surface area contributed by atoms with Gasteiger partial charge in [0, 0.05) is 26.4 Å². The molecule has 0 saturated carbocycles. The third-order valence-electron chi connectivity index (χ3n) is 3.22. The molecule has 0 bridgehead atoms. The number of nitrogens with one attached hydrogen (secondary N) is 2. The molecule has 3 aromatic rings. The molecule has 7 heteroatoms. The first kappa shape index (κ1) is 13.4. The van der Waals surface area contributed by atoms with Gasteiger partial charge in [0.05, 0.1) is 11.1 Å². The van der Waals surface area contributed by atoms with Gasteiger partial charge in [-0.1, -0.05) is 22.0 Å².